The van der Waals surface area contributed by atoms with E-state index in [1.807, 2.05) is 0 Å². The fraction of sp³-hybridized carbons (Fsp3) is 0.903. The summed E-state index contributed by atoms with van der Waals surface area (Å²) in [4.78, 5) is 13.4. The molecule has 0 aromatic carbocycles. The van der Waals surface area contributed by atoms with Crippen molar-refractivity contribution in [2.45, 2.75) is 112 Å². The normalized spacial score (nSPS) is 54.9. The van der Waals surface area contributed by atoms with Gasteiger partial charge in [-0.05, 0) is 103 Å². The number of hydrogen-bond acceptors (Lipinski definition) is 4. The van der Waals surface area contributed by atoms with E-state index < -0.39 is 12.2 Å². The Morgan fingerprint density at radius 2 is 1.66 bits per heavy atom. The van der Waals surface area contributed by atoms with Gasteiger partial charge in [0, 0.05) is 0 Å². The first-order valence-electron chi connectivity index (χ1n) is 14.4. The van der Waals surface area contributed by atoms with Gasteiger partial charge in [-0.2, -0.15) is 0 Å². The number of carbonyl (C=O) groups excluding carboxylic acids is 1. The monoisotopic (exact) mass is 486 g/mol. The van der Waals surface area contributed by atoms with Crippen LogP contribution in [0.15, 0.2) is 11.6 Å². The number of aliphatic hydroxyl groups is 2. The van der Waals surface area contributed by atoms with Gasteiger partial charge in [-0.3, -0.25) is 4.79 Å². The van der Waals surface area contributed by atoms with E-state index in [1.54, 1.807) is 12.7 Å². The largest absolute Gasteiger partial charge is 0.469 e. The van der Waals surface area contributed by atoms with Gasteiger partial charge < -0.3 is 14.9 Å². The molecule has 0 aliphatic heterocycles. The first-order valence-corrected chi connectivity index (χ1v) is 14.4. The van der Waals surface area contributed by atoms with Crippen molar-refractivity contribution in [3.63, 3.8) is 0 Å². The molecule has 5 rings (SSSR count). The highest BCUT2D eigenvalue weighted by atomic mass is 16.5. The van der Waals surface area contributed by atoms with Crippen LogP contribution in [0, 0.1) is 56.7 Å². The lowest BCUT2D eigenvalue weighted by molar-refractivity contribution is -0.232. The first-order chi connectivity index (χ1) is 16.2. The van der Waals surface area contributed by atoms with Gasteiger partial charge in [0.25, 0.3) is 0 Å². The van der Waals surface area contributed by atoms with Crippen LogP contribution >= 0.6 is 0 Å². The molecule has 0 bridgehead atoms. The molecule has 198 valence electrons. The Morgan fingerprint density at radius 3 is 2.31 bits per heavy atom. The Morgan fingerprint density at radius 1 is 0.971 bits per heavy atom. The minimum atomic E-state index is -0.663. The molecule has 5 aliphatic carbocycles. The molecule has 0 heterocycles. The Hall–Kier alpha value is -0.870. The number of carbonyl (C=O) groups is 1. The van der Waals surface area contributed by atoms with E-state index in [0.717, 1.165) is 44.9 Å². The summed E-state index contributed by atoms with van der Waals surface area (Å²) in [5, 5.41) is 22.0. The number of methoxy groups -OCH3 is 1. The quantitative estimate of drug-likeness (QED) is 0.345. The van der Waals surface area contributed by atoms with Crippen LogP contribution in [-0.2, 0) is 9.53 Å². The van der Waals surface area contributed by atoms with E-state index in [-0.39, 0.29) is 39.0 Å². The van der Waals surface area contributed by atoms with Gasteiger partial charge in [0.15, 0.2) is 0 Å². The van der Waals surface area contributed by atoms with E-state index in [4.69, 9.17) is 4.74 Å². The second-order valence-corrected chi connectivity index (χ2v) is 14.8. The molecule has 0 spiro atoms. The van der Waals surface area contributed by atoms with Crippen molar-refractivity contribution in [3.05, 3.63) is 11.6 Å². The highest BCUT2D eigenvalue weighted by molar-refractivity contribution is 5.78. The summed E-state index contributed by atoms with van der Waals surface area (Å²) >= 11 is 0. The fourth-order valence-electron chi connectivity index (χ4n) is 11.2. The summed E-state index contributed by atoms with van der Waals surface area (Å²) in [6.45, 7) is 16.6. The van der Waals surface area contributed by atoms with Crippen LogP contribution < -0.4 is 0 Å². The molecule has 4 fully saturated rings. The van der Waals surface area contributed by atoms with Gasteiger partial charge in [-0.1, -0.05) is 60.1 Å². The topological polar surface area (TPSA) is 66.8 Å². The Kier molecular flexibility index (Phi) is 5.76. The third-order valence-electron chi connectivity index (χ3n) is 13.5. The minimum Gasteiger partial charge on any atom is -0.469 e. The molecule has 0 aromatic heterocycles. The summed E-state index contributed by atoms with van der Waals surface area (Å²) in [6.07, 6.45) is 9.19. The maximum absolute atomic E-state index is 13.4. The smallest absolute Gasteiger partial charge is 0.312 e. The van der Waals surface area contributed by atoms with Gasteiger partial charge in [-0.25, -0.2) is 0 Å². The van der Waals surface area contributed by atoms with Crippen molar-refractivity contribution in [1.82, 2.24) is 0 Å². The zero-order valence-corrected chi connectivity index (χ0v) is 23.5. The van der Waals surface area contributed by atoms with Crippen molar-refractivity contribution in [2.75, 3.05) is 7.11 Å². The highest BCUT2D eigenvalue weighted by Crippen LogP contribution is 2.75. The molecule has 2 unspecified atom stereocenters. The van der Waals surface area contributed by atoms with Gasteiger partial charge in [-0.15, -0.1) is 0 Å². The molecule has 0 amide bonds. The number of aliphatic hydroxyl groups excluding tert-OH is 2. The third kappa shape index (κ3) is 3.02. The van der Waals surface area contributed by atoms with E-state index in [2.05, 4.69) is 54.5 Å². The number of ether oxygens (including phenoxy) is 1. The standard InChI is InChI=1S/C31H50O4/c1-18-11-14-31(26(34)35-8)16-15-29(6)20(24(31)19(18)2)9-10-23-28(5)17-21(32)25(33)27(3,4)22(28)12-13-30(23,29)7/h9,18-19,21-25,32-33H,10-17H2,1-8H3/t18-,19+,21-,22?,23?,24+,25-,28+,29-,30-,31+/m1/s1. The summed E-state index contributed by atoms with van der Waals surface area (Å²) in [6, 6.07) is 0. The van der Waals surface area contributed by atoms with Crippen molar-refractivity contribution in [3.8, 4) is 0 Å². The Labute approximate surface area is 213 Å². The number of fused-ring (bicyclic) bond motifs is 7. The zero-order chi connectivity index (χ0) is 25.8. The molecule has 4 nitrogen and oxygen atoms in total. The Balaban J connectivity index is 1.62. The molecule has 35 heavy (non-hydrogen) atoms. The highest BCUT2D eigenvalue weighted by Gasteiger charge is 2.70. The number of esters is 1. The van der Waals surface area contributed by atoms with Gasteiger partial charge in [0.2, 0.25) is 0 Å². The lowest BCUT2D eigenvalue weighted by Crippen LogP contribution is -2.67. The Bertz CT molecular complexity index is 923. The second-order valence-electron chi connectivity index (χ2n) is 14.8. The molecule has 4 heteroatoms. The minimum absolute atomic E-state index is 0.0114. The van der Waals surface area contributed by atoms with Crippen molar-refractivity contribution < 1.29 is 19.7 Å². The summed E-state index contributed by atoms with van der Waals surface area (Å²) in [5.74, 6) is 2.21. The SMILES string of the molecule is COC(=O)[C@]12CC[C@@H](C)[C@H](C)[C@H]1C1=CCC3[C@@]4(C)C[C@@H](O)[C@@H](O)C(C)(C)C4CC[C@@]3(C)[C@]1(C)CC2. The molecule has 2 N–H and O–H groups in total. The van der Waals surface area contributed by atoms with E-state index in [0.29, 0.717) is 30.1 Å². The van der Waals surface area contributed by atoms with Crippen LogP contribution in [0.5, 0.6) is 0 Å². The van der Waals surface area contributed by atoms with Gasteiger partial charge in [0.05, 0.1) is 24.7 Å². The predicted octanol–water partition coefficient (Wildman–Crippen LogP) is 6.15. The molecule has 0 saturated heterocycles. The summed E-state index contributed by atoms with van der Waals surface area (Å²) in [7, 11) is 1.57. The molecule has 4 saturated carbocycles. The molecule has 5 aliphatic rings. The molecular weight excluding hydrogens is 436 g/mol. The number of hydrogen-bond donors (Lipinski definition) is 2. The first kappa shape index (κ1) is 25.8. The maximum Gasteiger partial charge on any atom is 0.312 e. The van der Waals surface area contributed by atoms with Gasteiger partial charge in [0.1, 0.15) is 0 Å². The van der Waals surface area contributed by atoms with Crippen molar-refractivity contribution in [2.24, 2.45) is 56.7 Å². The third-order valence-corrected chi connectivity index (χ3v) is 13.5. The van der Waals surface area contributed by atoms with E-state index in [9.17, 15) is 15.0 Å². The van der Waals surface area contributed by atoms with Crippen molar-refractivity contribution >= 4 is 5.97 Å². The van der Waals surface area contributed by atoms with E-state index >= 15 is 0 Å². The summed E-state index contributed by atoms with van der Waals surface area (Å²) < 4.78 is 5.49. The maximum atomic E-state index is 13.4. The lowest BCUT2D eigenvalue weighted by Gasteiger charge is -2.71. The molecule has 0 radical (unpaired) electrons. The van der Waals surface area contributed by atoms with Crippen LogP contribution in [0.1, 0.15) is 99.8 Å². The van der Waals surface area contributed by atoms with Crippen LogP contribution in [0.2, 0.25) is 0 Å². The number of allylic oxidation sites excluding steroid dienone is 2. The van der Waals surface area contributed by atoms with Crippen LogP contribution in [0.3, 0.4) is 0 Å². The molecular formula is C31H50O4. The van der Waals surface area contributed by atoms with Crippen LogP contribution in [0.25, 0.3) is 0 Å². The average molecular weight is 487 g/mol. The van der Waals surface area contributed by atoms with Crippen LogP contribution in [-0.4, -0.2) is 35.5 Å². The lowest BCUT2D eigenvalue weighted by atomic mass is 9.33. The second kappa shape index (κ2) is 7.82. The number of rotatable bonds is 1. The molecule has 0 aromatic rings. The molecule has 11 atom stereocenters. The predicted molar refractivity (Wildman–Crippen MR) is 138 cm³/mol. The van der Waals surface area contributed by atoms with E-state index in [1.165, 1.54) is 0 Å². The van der Waals surface area contributed by atoms with Gasteiger partial charge >= 0.3 is 5.97 Å². The van der Waals surface area contributed by atoms with Crippen LogP contribution in [0.4, 0.5) is 0 Å². The summed E-state index contributed by atoms with van der Waals surface area (Å²) in [5.41, 5.74) is 1.03. The van der Waals surface area contributed by atoms with Crippen molar-refractivity contribution in [1.29, 1.82) is 0 Å². The fourth-order valence-corrected chi connectivity index (χ4v) is 11.2. The zero-order valence-electron chi connectivity index (χ0n) is 23.5. The average Bonchev–Trinajstić information content (AvgIpc) is 2.79.